The minimum atomic E-state index is -1.21. The number of halogens is 3. The largest absolute Gasteiger partial charge is 0.503 e. The monoisotopic (exact) mass is 479 g/mol. The van der Waals surface area contributed by atoms with Gasteiger partial charge in [-0.25, -0.2) is 8.78 Å². The molecule has 33 heavy (non-hydrogen) atoms. The second-order valence-corrected chi connectivity index (χ2v) is 9.15. The maximum absolute atomic E-state index is 14.2. The van der Waals surface area contributed by atoms with Gasteiger partial charge < -0.3 is 25.0 Å². The van der Waals surface area contributed by atoms with Gasteiger partial charge in [0.25, 0.3) is 11.8 Å². The standard InChI is InChI=1S/C22H20ClF2N3O5/c23-14-11(24)4-3-10(15(14)25)8-26-20(32)13-16-12(29)7-22-5-1-2-6-27(9-22)21(33)17(28(16)22)19(31)18(13)30/h3-4,12,29,31H,1-2,5-9H2,(H,26,32)/t12-,22+/m0/s1. The lowest BCUT2D eigenvalue weighted by Gasteiger charge is -2.41. The van der Waals surface area contributed by atoms with Crippen molar-refractivity contribution >= 4 is 23.4 Å². The molecule has 8 nitrogen and oxygen atoms in total. The summed E-state index contributed by atoms with van der Waals surface area (Å²) in [5.74, 6) is -4.33. The quantitative estimate of drug-likeness (QED) is 0.584. The molecule has 1 saturated heterocycles. The van der Waals surface area contributed by atoms with E-state index < -0.39 is 63.4 Å². The van der Waals surface area contributed by atoms with Gasteiger partial charge in [-0.3, -0.25) is 14.4 Å². The number of carbonyl (C=O) groups excluding carboxylic acids is 2. The Balaban J connectivity index is 1.60. The highest BCUT2D eigenvalue weighted by atomic mass is 35.5. The zero-order valence-electron chi connectivity index (χ0n) is 17.3. The van der Waals surface area contributed by atoms with Crippen LogP contribution in [-0.2, 0) is 12.1 Å². The molecule has 2 bridgehead atoms. The van der Waals surface area contributed by atoms with Gasteiger partial charge in [0.05, 0.1) is 17.3 Å². The Kier molecular flexibility index (Phi) is 4.98. The minimum Gasteiger partial charge on any atom is -0.503 e. The summed E-state index contributed by atoms with van der Waals surface area (Å²) in [6.45, 7) is 0.374. The van der Waals surface area contributed by atoms with Crippen LogP contribution in [-0.4, -0.2) is 44.6 Å². The van der Waals surface area contributed by atoms with Crippen molar-refractivity contribution in [3.05, 3.63) is 61.5 Å². The third-order valence-corrected chi connectivity index (χ3v) is 7.17. The van der Waals surface area contributed by atoms with Crippen LogP contribution in [0.25, 0.3) is 0 Å². The van der Waals surface area contributed by atoms with Crippen LogP contribution in [0.3, 0.4) is 0 Å². The Morgan fingerprint density at radius 2 is 2.03 bits per heavy atom. The summed E-state index contributed by atoms with van der Waals surface area (Å²) in [4.78, 5) is 40.6. The van der Waals surface area contributed by atoms with E-state index in [0.717, 1.165) is 25.0 Å². The van der Waals surface area contributed by atoms with Crippen molar-refractivity contribution in [2.75, 3.05) is 13.1 Å². The van der Waals surface area contributed by atoms with Crippen molar-refractivity contribution in [1.82, 2.24) is 14.8 Å². The maximum Gasteiger partial charge on any atom is 0.274 e. The number of amides is 2. The van der Waals surface area contributed by atoms with Crippen LogP contribution in [0.15, 0.2) is 16.9 Å². The van der Waals surface area contributed by atoms with Crippen LogP contribution in [0.5, 0.6) is 5.75 Å². The lowest BCUT2D eigenvalue weighted by Crippen LogP contribution is -2.52. The molecule has 1 fully saturated rings. The minimum absolute atomic E-state index is 0.0298. The van der Waals surface area contributed by atoms with Crippen molar-refractivity contribution in [1.29, 1.82) is 0 Å². The van der Waals surface area contributed by atoms with Crippen molar-refractivity contribution in [2.24, 2.45) is 0 Å². The molecule has 1 aromatic heterocycles. The molecule has 0 saturated carbocycles. The fourth-order valence-electron chi connectivity index (χ4n) is 5.36. The first-order chi connectivity index (χ1) is 15.7. The molecule has 0 aliphatic carbocycles. The van der Waals surface area contributed by atoms with Crippen molar-refractivity contribution in [2.45, 2.75) is 43.9 Å². The fraction of sp³-hybridized carbons (Fsp3) is 0.409. The van der Waals surface area contributed by atoms with Gasteiger partial charge in [-0.1, -0.05) is 17.7 Å². The third-order valence-electron chi connectivity index (χ3n) is 6.83. The maximum atomic E-state index is 14.2. The average molecular weight is 480 g/mol. The summed E-state index contributed by atoms with van der Waals surface area (Å²) in [6.07, 6.45) is 1.11. The molecule has 2 atom stereocenters. The van der Waals surface area contributed by atoms with Crippen LogP contribution in [0.1, 0.15) is 63.9 Å². The normalized spacial score (nSPS) is 23.3. The highest BCUT2D eigenvalue weighted by molar-refractivity contribution is 6.30. The van der Waals surface area contributed by atoms with Gasteiger partial charge in [0.2, 0.25) is 5.43 Å². The Morgan fingerprint density at radius 1 is 1.27 bits per heavy atom. The first-order valence-corrected chi connectivity index (χ1v) is 10.9. The molecular formula is C22H20ClF2N3O5. The molecule has 4 heterocycles. The number of hydrogen-bond donors (Lipinski definition) is 3. The zero-order chi connectivity index (χ0) is 23.7. The highest BCUT2D eigenvalue weighted by Gasteiger charge is 2.53. The number of hydrogen-bond acceptors (Lipinski definition) is 5. The zero-order valence-corrected chi connectivity index (χ0v) is 18.1. The molecule has 0 unspecified atom stereocenters. The Morgan fingerprint density at radius 3 is 2.79 bits per heavy atom. The number of fused-ring (bicyclic) bond motifs is 1. The van der Waals surface area contributed by atoms with Gasteiger partial charge in [-0.15, -0.1) is 0 Å². The highest BCUT2D eigenvalue weighted by Crippen LogP contribution is 2.49. The van der Waals surface area contributed by atoms with E-state index in [1.165, 1.54) is 4.57 Å². The predicted octanol–water partition coefficient (Wildman–Crippen LogP) is 2.19. The van der Waals surface area contributed by atoms with Gasteiger partial charge in [-0.2, -0.15) is 0 Å². The van der Waals surface area contributed by atoms with E-state index in [0.29, 0.717) is 19.5 Å². The topological polar surface area (TPSA) is 112 Å². The number of aliphatic hydroxyl groups is 1. The van der Waals surface area contributed by atoms with E-state index in [4.69, 9.17) is 11.6 Å². The molecule has 1 spiro atoms. The number of aromatic hydroxyl groups is 1. The summed E-state index contributed by atoms with van der Waals surface area (Å²) in [5, 5.41) is 23.2. The van der Waals surface area contributed by atoms with Crippen molar-refractivity contribution < 1.29 is 28.6 Å². The number of benzene rings is 1. The Labute approximate surface area is 191 Å². The molecule has 5 rings (SSSR count). The summed E-state index contributed by atoms with van der Waals surface area (Å²) in [7, 11) is 0. The number of nitrogens with zero attached hydrogens (tertiary/aromatic N) is 2. The number of carbonyl (C=O) groups is 2. The Hall–Kier alpha value is -2.98. The summed E-state index contributed by atoms with van der Waals surface area (Å²) in [6, 6.07) is 2.05. The second-order valence-electron chi connectivity index (χ2n) is 8.77. The average Bonchev–Trinajstić information content (AvgIpc) is 2.93. The molecule has 3 aliphatic heterocycles. The second kappa shape index (κ2) is 7.53. The third kappa shape index (κ3) is 3.07. The molecular weight excluding hydrogens is 460 g/mol. The van der Waals surface area contributed by atoms with Gasteiger partial charge in [-0.05, 0) is 25.3 Å². The van der Waals surface area contributed by atoms with E-state index in [2.05, 4.69) is 5.32 Å². The lowest BCUT2D eigenvalue weighted by molar-refractivity contribution is 0.0549. The fourth-order valence-corrected chi connectivity index (χ4v) is 5.55. The number of rotatable bonds is 3. The SMILES string of the molecule is O=C(NCc1ccc(F)c(Cl)c1F)c1c2n3c(c(O)c1=O)C(=O)N1CCCC[C@@]3(C[C@@H]2O)C1. The summed E-state index contributed by atoms with van der Waals surface area (Å²) >= 11 is 5.57. The van der Waals surface area contributed by atoms with Gasteiger partial charge in [0.15, 0.2) is 11.4 Å². The number of aromatic nitrogens is 1. The van der Waals surface area contributed by atoms with Crippen molar-refractivity contribution in [3.63, 3.8) is 0 Å². The molecule has 2 aromatic rings. The summed E-state index contributed by atoms with van der Waals surface area (Å²) in [5.41, 5.74) is -2.67. The van der Waals surface area contributed by atoms with Crippen LogP contribution in [0.2, 0.25) is 5.02 Å². The van der Waals surface area contributed by atoms with E-state index >= 15 is 0 Å². The number of aliphatic hydroxyl groups excluding tert-OH is 1. The van der Waals surface area contributed by atoms with E-state index in [1.54, 1.807) is 4.90 Å². The first kappa shape index (κ1) is 21.8. The molecule has 174 valence electrons. The summed E-state index contributed by atoms with van der Waals surface area (Å²) < 4.78 is 29.1. The van der Waals surface area contributed by atoms with Gasteiger partial charge in [0.1, 0.15) is 22.2 Å². The number of pyridine rings is 1. The van der Waals surface area contributed by atoms with E-state index in [1.807, 2.05) is 0 Å². The Bertz CT molecular complexity index is 1280. The molecule has 3 aliphatic rings. The molecule has 11 heteroatoms. The van der Waals surface area contributed by atoms with Crippen LogP contribution in [0, 0.1) is 11.6 Å². The molecule has 0 radical (unpaired) electrons. The van der Waals surface area contributed by atoms with E-state index in [9.17, 15) is 33.4 Å². The van der Waals surface area contributed by atoms with Crippen LogP contribution < -0.4 is 10.7 Å². The first-order valence-electron chi connectivity index (χ1n) is 10.6. The van der Waals surface area contributed by atoms with E-state index in [-0.39, 0.29) is 23.4 Å². The lowest BCUT2D eigenvalue weighted by atomic mass is 9.88. The van der Waals surface area contributed by atoms with Crippen LogP contribution in [0.4, 0.5) is 8.78 Å². The molecule has 1 aromatic carbocycles. The smallest absolute Gasteiger partial charge is 0.274 e. The van der Waals surface area contributed by atoms with Crippen molar-refractivity contribution in [3.8, 4) is 5.75 Å². The van der Waals surface area contributed by atoms with Gasteiger partial charge >= 0.3 is 0 Å². The van der Waals surface area contributed by atoms with Gasteiger partial charge in [0, 0.05) is 31.6 Å². The predicted molar refractivity (Wildman–Crippen MR) is 112 cm³/mol. The molecule has 3 N–H and O–H groups in total. The molecule has 2 amide bonds. The van der Waals surface area contributed by atoms with Crippen LogP contribution >= 0.6 is 11.6 Å². The number of nitrogens with one attached hydrogen (secondary N) is 1.